The van der Waals surface area contributed by atoms with Gasteiger partial charge < -0.3 is 47.4 Å². The maximum Gasteiger partial charge on any atom is 0.302 e. The fourth-order valence-corrected chi connectivity index (χ4v) is 7.96. The third-order valence-electron chi connectivity index (χ3n) is 11.4. The Kier molecular flexibility index (Phi) is 16.4. The van der Waals surface area contributed by atoms with E-state index in [4.69, 9.17) is 47.4 Å². The van der Waals surface area contributed by atoms with Crippen molar-refractivity contribution in [3.05, 3.63) is 215 Å². The highest BCUT2D eigenvalue weighted by molar-refractivity contribution is 5.65. The number of hydrogen-bond acceptors (Lipinski definition) is 11. The molecule has 11 nitrogen and oxygen atoms in total. The lowest BCUT2D eigenvalue weighted by Crippen LogP contribution is -2.65. The maximum atomic E-state index is 12.6. The van der Waals surface area contributed by atoms with Crippen molar-refractivity contribution in [1.82, 2.24) is 0 Å². The minimum absolute atomic E-state index is 0.145. The number of rotatable bonds is 22. The number of carbonyl (C=O) groups excluding carboxylic acids is 1. The first-order valence-electron chi connectivity index (χ1n) is 24.4. The van der Waals surface area contributed by atoms with Crippen LogP contribution in [0, 0.1) is 0 Å². The zero-order valence-electron chi connectivity index (χ0n) is 40.6. The molecule has 2 saturated heterocycles. The predicted octanol–water partition coefficient (Wildman–Crippen LogP) is 9.55. The molecule has 2 heterocycles. The van der Waals surface area contributed by atoms with Crippen LogP contribution in [0.15, 0.2) is 182 Å². The van der Waals surface area contributed by atoms with E-state index < -0.39 is 87.1 Å². The average molecular weight is 912 g/mol. The molecule has 0 aromatic heterocycles. The lowest BCUT2D eigenvalue weighted by atomic mass is 9.96. The third-order valence-corrected chi connectivity index (χ3v) is 11.4. The first kappa shape index (κ1) is 44.0. The summed E-state index contributed by atoms with van der Waals surface area (Å²) in [7, 11) is 0. The van der Waals surface area contributed by atoms with Gasteiger partial charge in [-0.2, -0.15) is 0 Å². The van der Waals surface area contributed by atoms with Gasteiger partial charge in [0.2, 0.25) is 0 Å². The van der Waals surface area contributed by atoms with Crippen LogP contribution in [-0.2, 0) is 91.7 Å². The van der Waals surface area contributed by atoms with E-state index >= 15 is 0 Å². The molecule has 350 valence electrons. The zero-order valence-corrected chi connectivity index (χ0v) is 37.6. The van der Waals surface area contributed by atoms with Gasteiger partial charge in [0.1, 0.15) is 49.3 Å². The Morgan fingerprint density at radius 2 is 0.806 bits per heavy atom. The minimum Gasteiger partial charge on any atom is -0.463 e. The van der Waals surface area contributed by atoms with Gasteiger partial charge in [0.15, 0.2) is 12.6 Å². The van der Waals surface area contributed by atoms with Gasteiger partial charge in [-0.05, 0) is 40.3 Å². The minimum atomic E-state index is -1.46. The summed E-state index contributed by atoms with van der Waals surface area (Å²) < 4.78 is 95.1. The molecular weight excluding hydrogens is 849 g/mol. The molecule has 67 heavy (non-hydrogen) atoms. The largest absolute Gasteiger partial charge is 0.463 e. The van der Waals surface area contributed by atoms with E-state index in [1.807, 2.05) is 116 Å². The molecule has 6 aromatic carbocycles. The Bertz CT molecular complexity index is 2430. The second-order valence-electron chi connectivity index (χ2n) is 16.4. The molecule has 4 unspecified atom stereocenters. The van der Waals surface area contributed by atoms with Gasteiger partial charge in [-0.25, -0.2) is 0 Å². The summed E-state index contributed by atoms with van der Waals surface area (Å²) in [6.45, 7) is -0.570. The Morgan fingerprint density at radius 1 is 0.433 bits per heavy atom. The van der Waals surface area contributed by atoms with E-state index in [1.54, 1.807) is 72.8 Å². The van der Waals surface area contributed by atoms with Crippen molar-refractivity contribution in [2.45, 2.75) is 115 Å². The van der Waals surface area contributed by atoms with Gasteiger partial charge >= 0.3 is 5.97 Å². The summed E-state index contributed by atoms with van der Waals surface area (Å²) in [5.74, 6) is -0.587. The first-order chi connectivity index (χ1) is 34.2. The van der Waals surface area contributed by atoms with Crippen molar-refractivity contribution in [2.75, 3.05) is 6.61 Å². The van der Waals surface area contributed by atoms with Gasteiger partial charge in [-0.15, -0.1) is 0 Å². The summed E-state index contributed by atoms with van der Waals surface area (Å²) in [5, 5.41) is 0. The summed E-state index contributed by atoms with van der Waals surface area (Å²) in [4.78, 5) is 12.6. The quantitative estimate of drug-likeness (QED) is 0.0608. The molecule has 0 N–H and O–H groups in total. The first-order valence-corrected chi connectivity index (χ1v) is 22.6. The summed E-state index contributed by atoms with van der Waals surface area (Å²) in [6, 6.07) is 56.1. The monoisotopic (exact) mass is 911 g/mol. The highest BCUT2D eigenvalue weighted by Gasteiger charge is 2.54. The SMILES string of the molecule is [2H]C(O[C@H]1[C@H](OC([2H])c2ccccc2)[C@@H](OC([2H])c2ccccc2)C(O[C@H]2[C@H](OCc3ccccc3)O[C@@H](C)[C@H](OCc3ccccc3)[C@H]2OCc2ccccc2)O[C@@H]1COC(C)=O)c1ccccc1. The average Bonchev–Trinajstić information content (AvgIpc) is 3.40. The Balaban J connectivity index is 1.23. The molecule has 0 radical (unpaired) electrons. The maximum absolute atomic E-state index is 12.6. The number of ether oxygens (including phenoxy) is 10. The van der Waals surface area contributed by atoms with Gasteiger partial charge in [0, 0.05) is 6.92 Å². The smallest absolute Gasteiger partial charge is 0.302 e. The van der Waals surface area contributed by atoms with Crippen molar-refractivity contribution in [2.24, 2.45) is 0 Å². The molecule has 8 rings (SSSR count). The van der Waals surface area contributed by atoms with Gasteiger partial charge in [0.05, 0.1) is 49.8 Å². The van der Waals surface area contributed by atoms with Crippen molar-refractivity contribution < 1.29 is 56.3 Å². The van der Waals surface area contributed by atoms with Gasteiger partial charge in [-0.3, -0.25) is 4.79 Å². The van der Waals surface area contributed by atoms with Crippen molar-refractivity contribution in [3.8, 4) is 0 Å². The number of benzene rings is 6. The van der Waals surface area contributed by atoms with Crippen LogP contribution >= 0.6 is 0 Å². The standard InChI is InChI=1S/C56H60O11/c1-40-49(59-33-42-21-9-3-10-22-42)51(61-35-44-25-13-5-14-26-44)54(55(65-40)64-38-47-31-19-8-20-32-47)67-56-53(63-37-46-29-17-7-18-30-46)52(62-36-45-27-15-6-16-28-45)50(48(66-56)39-58-41(2)57)60-34-43-23-11-4-12-24-43/h3-32,40,48-56H,33-39H2,1-2H3/t40-,48+,49-,50+,51+,52-,53+,54+,55+,56?/m0/s1/i34D,36D,37D/t34?,36?,37?,40-,48+,49-,50+,51+,52-,53+,54+,55+,56?. The molecule has 0 amide bonds. The van der Waals surface area contributed by atoms with Crippen LogP contribution in [0.3, 0.4) is 0 Å². The fourth-order valence-electron chi connectivity index (χ4n) is 7.96. The van der Waals surface area contributed by atoms with Crippen molar-refractivity contribution >= 4 is 5.97 Å². The molecule has 0 spiro atoms. The molecule has 0 aliphatic carbocycles. The molecule has 6 aromatic rings. The van der Waals surface area contributed by atoms with E-state index in [1.165, 1.54) is 6.92 Å². The highest BCUT2D eigenvalue weighted by atomic mass is 16.8. The predicted molar refractivity (Wildman–Crippen MR) is 251 cm³/mol. The normalized spacial score (nSPS) is 27.1. The van der Waals surface area contributed by atoms with Crippen molar-refractivity contribution in [1.29, 1.82) is 0 Å². The summed E-state index contributed by atoms with van der Waals surface area (Å²) in [5.41, 5.74) is 4.30. The summed E-state index contributed by atoms with van der Waals surface area (Å²) >= 11 is 0. The Morgan fingerprint density at radius 3 is 1.25 bits per heavy atom. The van der Waals surface area contributed by atoms with Gasteiger partial charge in [-0.1, -0.05) is 182 Å². The van der Waals surface area contributed by atoms with E-state index in [0.29, 0.717) is 16.7 Å². The van der Waals surface area contributed by atoms with Crippen LogP contribution in [0.25, 0.3) is 0 Å². The Labute approximate surface area is 398 Å². The lowest BCUT2D eigenvalue weighted by molar-refractivity contribution is -0.381. The molecule has 2 aliphatic heterocycles. The van der Waals surface area contributed by atoms with Crippen LogP contribution in [0.2, 0.25) is 0 Å². The zero-order chi connectivity index (χ0) is 48.7. The molecule has 2 fully saturated rings. The van der Waals surface area contributed by atoms with Crippen LogP contribution in [-0.4, -0.2) is 74.0 Å². The van der Waals surface area contributed by atoms with E-state index in [2.05, 4.69) is 0 Å². The number of esters is 1. The Hall–Kier alpha value is -5.57. The van der Waals surface area contributed by atoms with Crippen LogP contribution in [0.4, 0.5) is 0 Å². The molecule has 0 saturated carbocycles. The molecule has 0 bridgehead atoms. The lowest BCUT2D eigenvalue weighted by Gasteiger charge is -2.49. The second kappa shape index (κ2) is 25.0. The second-order valence-corrected chi connectivity index (χ2v) is 16.4. The van der Waals surface area contributed by atoms with E-state index in [-0.39, 0.29) is 26.4 Å². The molecular formula is C56H60O11. The van der Waals surface area contributed by atoms with E-state index in [0.717, 1.165) is 16.7 Å². The number of carbonyl (C=O) groups is 1. The number of hydrogen-bond donors (Lipinski definition) is 0. The van der Waals surface area contributed by atoms with E-state index in [9.17, 15) is 8.91 Å². The highest BCUT2D eigenvalue weighted by Crippen LogP contribution is 2.37. The molecule has 11 heteroatoms. The van der Waals surface area contributed by atoms with Crippen LogP contribution < -0.4 is 0 Å². The molecule has 13 atom stereocenters. The summed E-state index contributed by atoms with van der Waals surface area (Å²) in [6.07, 6.45) is -10.9. The third kappa shape index (κ3) is 14.0. The van der Waals surface area contributed by atoms with Crippen LogP contribution in [0.5, 0.6) is 0 Å². The van der Waals surface area contributed by atoms with Gasteiger partial charge in [0.25, 0.3) is 0 Å². The molecule has 2 aliphatic rings. The fraction of sp³-hybridized carbons (Fsp3) is 0.339. The topological polar surface area (TPSA) is 109 Å². The van der Waals surface area contributed by atoms with Crippen LogP contribution in [0.1, 0.15) is 51.3 Å². The van der Waals surface area contributed by atoms with Crippen molar-refractivity contribution in [3.63, 3.8) is 0 Å².